The van der Waals surface area contributed by atoms with Crippen LogP contribution in [0.15, 0.2) is 0 Å². The van der Waals surface area contributed by atoms with E-state index in [-0.39, 0.29) is 0 Å². The maximum atomic E-state index is 5.22. The fraction of sp³-hybridized carbons (Fsp3) is 0.846. The average Bonchev–Trinajstić information content (AvgIpc) is 2.14. The first-order chi connectivity index (χ1) is 7.25. The van der Waals surface area contributed by atoms with Gasteiger partial charge in [-0.3, -0.25) is 4.90 Å². The van der Waals surface area contributed by atoms with Gasteiger partial charge < -0.3 is 4.74 Å². The normalized spacial score (nSPS) is 24.7. The molecule has 84 valence electrons. The topological polar surface area (TPSA) is 12.5 Å². The average molecular weight is 207 g/mol. The molecule has 0 radical (unpaired) electrons. The second-order valence-electron chi connectivity index (χ2n) is 4.94. The molecule has 0 aliphatic carbocycles. The molecule has 2 aliphatic heterocycles. The van der Waals surface area contributed by atoms with Crippen molar-refractivity contribution >= 4 is 0 Å². The van der Waals surface area contributed by atoms with E-state index in [0.717, 1.165) is 13.2 Å². The molecule has 0 saturated carbocycles. The zero-order valence-corrected chi connectivity index (χ0v) is 9.83. The maximum absolute atomic E-state index is 5.22. The van der Waals surface area contributed by atoms with Gasteiger partial charge in [0, 0.05) is 11.8 Å². The Labute approximate surface area is 93.0 Å². The van der Waals surface area contributed by atoms with Crippen LogP contribution in [0.5, 0.6) is 0 Å². The Morgan fingerprint density at radius 2 is 1.87 bits per heavy atom. The molecular formula is C13H21NO. The molecule has 2 saturated heterocycles. The van der Waals surface area contributed by atoms with Gasteiger partial charge in [-0.1, -0.05) is 19.8 Å². The van der Waals surface area contributed by atoms with Crippen molar-refractivity contribution < 1.29 is 4.74 Å². The molecule has 0 atom stereocenters. The Balaban J connectivity index is 1.74. The molecule has 0 aromatic heterocycles. The lowest BCUT2D eigenvalue weighted by atomic mass is 9.95. The molecule has 0 amide bonds. The molecule has 2 aliphatic rings. The molecule has 2 heterocycles. The van der Waals surface area contributed by atoms with Gasteiger partial charge in [0.25, 0.3) is 0 Å². The summed E-state index contributed by atoms with van der Waals surface area (Å²) >= 11 is 0. The van der Waals surface area contributed by atoms with Gasteiger partial charge in [0.05, 0.1) is 19.3 Å². The minimum absolute atomic E-state index is 0.517. The Morgan fingerprint density at radius 1 is 1.20 bits per heavy atom. The van der Waals surface area contributed by atoms with E-state index in [1.807, 2.05) is 0 Å². The zero-order valence-electron chi connectivity index (χ0n) is 9.83. The largest absolute Gasteiger partial charge is 0.378 e. The Morgan fingerprint density at radius 3 is 2.33 bits per heavy atom. The van der Waals surface area contributed by atoms with E-state index < -0.39 is 0 Å². The lowest BCUT2D eigenvalue weighted by Crippen LogP contribution is -2.51. The van der Waals surface area contributed by atoms with Gasteiger partial charge in [-0.25, -0.2) is 0 Å². The Kier molecular flexibility index (Phi) is 3.66. The quantitative estimate of drug-likeness (QED) is 0.607. The van der Waals surface area contributed by atoms with Crippen molar-refractivity contribution in [3.05, 3.63) is 0 Å². The first kappa shape index (κ1) is 11.0. The number of hydrogen-bond acceptors (Lipinski definition) is 2. The van der Waals surface area contributed by atoms with E-state index in [2.05, 4.69) is 30.6 Å². The van der Waals surface area contributed by atoms with Crippen molar-refractivity contribution in [2.45, 2.75) is 32.7 Å². The van der Waals surface area contributed by atoms with Crippen LogP contribution in [-0.2, 0) is 4.74 Å². The third-order valence-electron chi connectivity index (χ3n) is 3.24. The van der Waals surface area contributed by atoms with Crippen LogP contribution in [-0.4, -0.2) is 37.2 Å². The summed E-state index contributed by atoms with van der Waals surface area (Å²) < 4.78 is 5.22. The van der Waals surface area contributed by atoms with E-state index >= 15 is 0 Å². The number of hydrogen-bond donors (Lipinski definition) is 0. The highest BCUT2D eigenvalue weighted by Crippen LogP contribution is 2.21. The summed E-state index contributed by atoms with van der Waals surface area (Å²) in [6.45, 7) is 8.64. The molecule has 0 N–H and O–H groups in total. The van der Waals surface area contributed by atoms with E-state index in [1.54, 1.807) is 0 Å². The highest BCUT2D eigenvalue weighted by atomic mass is 16.5. The van der Waals surface area contributed by atoms with E-state index in [9.17, 15) is 0 Å². The van der Waals surface area contributed by atoms with Gasteiger partial charge in [0.15, 0.2) is 0 Å². The third kappa shape index (κ3) is 2.96. The van der Waals surface area contributed by atoms with Crippen molar-refractivity contribution in [1.29, 1.82) is 0 Å². The predicted molar refractivity (Wildman–Crippen MR) is 61.5 cm³/mol. The second-order valence-corrected chi connectivity index (χ2v) is 4.94. The summed E-state index contributed by atoms with van der Waals surface area (Å²) in [6.07, 6.45) is 2.49. The summed E-state index contributed by atoms with van der Waals surface area (Å²) in [6, 6.07) is 0.712. The van der Waals surface area contributed by atoms with E-state index in [1.165, 1.54) is 25.9 Å². The number of likely N-dealkylation sites (tertiary alicyclic amines) is 1. The van der Waals surface area contributed by atoms with Gasteiger partial charge >= 0.3 is 0 Å². The molecule has 0 unspecified atom stereocenters. The molecule has 2 rings (SSSR count). The SMILES string of the molecule is CC(C)C#CC1CCN(C2COC2)CC1. The standard InChI is InChI=1S/C13H21NO/c1-11(2)3-4-12-5-7-14(8-6-12)13-9-15-10-13/h11-13H,5-10H2,1-2H3. The zero-order chi connectivity index (χ0) is 10.7. The maximum Gasteiger partial charge on any atom is 0.0645 e. The third-order valence-corrected chi connectivity index (χ3v) is 3.24. The van der Waals surface area contributed by atoms with Gasteiger partial charge in [0.2, 0.25) is 0 Å². The minimum Gasteiger partial charge on any atom is -0.378 e. The molecule has 0 aromatic rings. The minimum atomic E-state index is 0.517. The fourth-order valence-electron chi connectivity index (χ4n) is 2.13. The summed E-state index contributed by atoms with van der Waals surface area (Å²) in [4.78, 5) is 2.57. The van der Waals surface area contributed by atoms with Crippen LogP contribution in [0.3, 0.4) is 0 Å². The molecule has 0 aromatic carbocycles. The molecular weight excluding hydrogens is 186 g/mol. The van der Waals surface area contributed by atoms with Crippen molar-refractivity contribution in [3.63, 3.8) is 0 Å². The Bertz CT molecular complexity index is 251. The highest BCUT2D eigenvalue weighted by Gasteiger charge is 2.28. The lowest BCUT2D eigenvalue weighted by molar-refractivity contribution is -0.0719. The summed E-state index contributed by atoms with van der Waals surface area (Å²) in [5.41, 5.74) is 0. The highest BCUT2D eigenvalue weighted by molar-refractivity contribution is 5.07. The van der Waals surface area contributed by atoms with Crippen LogP contribution in [0, 0.1) is 23.7 Å². The van der Waals surface area contributed by atoms with Crippen molar-refractivity contribution in [3.8, 4) is 11.8 Å². The number of ether oxygens (including phenoxy) is 1. The molecule has 0 spiro atoms. The summed E-state index contributed by atoms with van der Waals surface area (Å²) in [7, 11) is 0. The van der Waals surface area contributed by atoms with Crippen LogP contribution in [0.1, 0.15) is 26.7 Å². The molecule has 2 heteroatoms. The monoisotopic (exact) mass is 207 g/mol. The van der Waals surface area contributed by atoms with Gasteiger partial charge in [-0.05, 0) is 25.9 Å². The van der Waals surface area contributed by atoms with Crippen molar-refractivity contribution in [2.24, 2.45) is 11.8 Å². The van der Waals surface area contributed by atoms with Crippen LogP contribution in [0.25, 0.3) is 0 Å². The van der Waals surface area contributed by atoms with Gasteiger partial charge in [-0.15, -0.1) is 5.92 Å². The molecule has 15 heavy (non-hydrogen) atoms. The van der Waals surface area contributed by atoms with E-state index in [0.29, 0.717) is 17.9 Å². The molecule has 0 bridgehead atoms. The number of nitrogens with zero attached hydrogens (tertiary/aromatic N) is 1. The first-order valence-corrected chi connectivity index (χ1v) is 6.08. The van der Waals surface area contributed by atoms with Crippen LogP contribution in [0.4, 0.5) is 0 Å². The van der Waals surface area contributed by atoms with Crippen LogP contribution >= 0.6 is 0 Å². The van der Waals surface area contributed by atoms with Gasteiger partial charge in [-0.2, -0.15) is 0 Å². The summed E-state index contributed by atoms with van der Waals surface area (Å²) in [5.74, 6) is 7.86. The van der Waals surface area contributed by atoms with Crippen LogP contribution in [0.2, 0.25) is 0 Å². The van der Waals surface area contributed by atoms with Crippen molar-refractivity contribution in [1.82, 2.24) is 4.90 Å². The van der Waals surface area contributed by atoms with Crippen LogP contribution < -0.4 is 0 Å². The van der Waals surface area contributed by atoms with E-state index in [4.69, 9.17) is 4.74 Å². The van der Waals surface area contributed by atoms with Gasteiger partial charge in [0.1, 0.15) is 0 Å². The Hall–Kier alpha value is -0.520. The van der Waals surface area contributed by atoms with Crippen molar-refractivity contribution in [2.75, 3.05) is 26.3 Å². The number of rotatable bonds is 1. The second kappa shape index (κ2) is 5.01. The first-order valence-electron chi connectivity index (χ1n) is 6.08. The lowest BCUT2D eigenvalue weighted by Gasteiger charge is -2.40. The molecule has 2 nitrogen and oxygen atoms in total. The summed E-state index contributed by atoms with van der Waals surface area (Å²) in [5, 5.41) is 0. The number of piperidine rings is 1. The predicted octanol–water partition coefficient (Wildman–Crippen LogP) is 1.76. The fourth-order valence-corrected chi connectivity index (χ4v) is 2.13. The smallest absolute Gasteiger partial charge is 0.0645 e. The molecule has 2 fully saturated rings.